The molecule has 0 atom stereocenters. The van der Waals surface area contributed by atoms with Gasteiger partial charge in [0.2, 0.25) is 0 Å². The molecule has 0 unspecified atom stereocenters. The average molecular weight is 425 g/mol. The van der Waals surface area contributed by atoms with Crippen LogP contribution in [0.2, 0.25) is 5.02 Å². The lowest BCUT2D eigenvalue weighted by Gasteiger charge is -2.32. The summed E-state index contributed by atoms with van der Waals surface area (Å²) in [6, 6.07) is 12.9. The topological polar surface area (TPSA) is 32.3 Å². The molecule has 7 heteroatoms. The van der Waals surface area contributed by atoms with Crippen molar-refractivity contribution in [2.24, 2.45) is 5.92 Å². The van der Waals surface area contributed by atoms with Gasteiger partial charge in [-0.25, -0.2) is 0 Å². The van der Waals surface area contributed by atoms with Crippen LogP contribution in [-0.2, 0) is 6.18 Å². The Labute approximate surface area is 173 Å². The largest absolute Gasteiger partial charge is 0.416 e. The monoisotopic (exact) mass is 424 g/mol. The maximum atomic E-state index is 12.9. The van der Waals surface area contributed by atoms with Gasteiger partial charge in [0.15, 0.2) is 0 Å². The van der Waals surface area contributed by atoms with Crippen molar-refractivity contribution in [1.82, 2.24) is 5.32 Å². The Kier molecular flexibility index (Phi) is 6.73. The summed E-state index contributed by atoms with van der Waals surface area (Å²) in [6.45, 7) is 0.935. The second-order valence-electron chi connectivity index (χ2n) is 7.60. The van der Waals surface area contributed by atoms with E-state index < -0.39 is 17.6 Å². The Morgan fingerprint density at radius 1 is 1.10 bits per heavy atom. The molecule has 1 amide bonds. The molecule has 0 spiro atoms. The second-order valence-corrected chi connectivity index (χ2v) is 8.01. The number of carbonyl (C=O) groups excluding carboxylic acids is 1. The van der Waals surface area contributed by atoms with Crippen molar-refractivity contribution in [3.63, 3.8) is 0 Å². The van der Waals surface area contributed by atoms with E-state index in [0.29, 0.717) is 5.92 Å². The summed E-state index contributed by atoms with van der Waals surface area (Å²) < 4.78 is 38.7. The number of nitrogens with one attached hydrogen (secondary N) is 1. The zero-order valence-corrected chi connectivity index (χ0v) is 16.9. The quantitative estimate of drug-likeness (QED) is 0.659. The second kappa shape index (κ2) is 9.08. The van der Waals surface area contributed by atoms with Gasteiger partial charge in [0.1, 0.15) is 0 Å². The Bertz CT molecular complexity index is 834. The third-order valence-electron chi connectivity index (χ3n) is 5.45. The predicted molar refractivity (Wildman–Crippen MR) is 109 cm³/mol. The van der Waals surface area contributed by atoms with E-state index in [4.69, 9.17) is 11.6 Å². The van der Waals surface area contributed by atoms with E-state index in [0.717, 1.165) is 50.4 Å². The van der Waals surface area contributed by atoms with E-state index in [1.807, 2.05) is 18.2 Å². The fourth-order valence-corrected chi connectivity index (χ4v) is 4.01. The van der Waals surface area contributed by atoms with Gasteiger partial charge in [-0.05, 0) is 61.9 Å². The lowest BCUT2D eigenvalue weighted by molar-refractivity contribution is -0.137. The van der Waals surface area contributed by atoms with Gasteiger partial charge in [-0.3, -0.25) is 4.79 Å². The zero-order chi connectivity index (χ0) is 21.0. The Balaban J connectivity index is 1.54. The van der Waals surface area contributed by atoms with E-state index in [1.54, 1.807) is 0 Å². The Hall–Kier alpha value is -2.21. The van der Waals surface area contributed by atoms with Crippen LogP contribution in [-0.4, -0.2) is 25.5 Å². The number of anilines is 1. The van der Waals surface area contributed by atoms with Crippen molar-refractivity contribution in [2.75, 3.05) is 18.5 Å². The third kappa shape index (κ3) is 5.66. The highest BCUT2D eigenvalue weighted by Gasteiger charge is 2.32. The summed E-state index contributed by atoms with van der Waals surface area (Å²) in [4.78, 5) is 14.7. The molecule has 1 aliphatic rings. The van der Waals surface area contributed by atoms with Crippen LogP contribution in [0.25, 0.3) is 0 Å². The predicted octanol–water partition coefficient (Wildman–Crippen LogP) is 5.78. The van der Waals surface area contributed by atoms with E-state index in [9.17, 15) is 18.0 Å². The molecule has 1 fully saturated rings. The minimum atomic E-state index is -4.51. The first-order valence-electron chi connectivity index (χ1n) is 9.68. The summed E-state index contributed by atoms with van der Waals surface area (Å²) in [7, 11) is 2.07. The van der Waals surface area contributed by atoms with Crippen molar-refractivity contribution in [1.29, 1.82) is 0 Å². The molecule has 1 saturated carbocycles. The van der Waals surface area contributed by atoms with Crippen LogP contribution in [0.15, 0.2) is 48.5 Å². The number of benzene rings is 2. The maximum absolute atomic E-state index is 12.9. The van der Waals surface area contributed by atoms with Crippen molar-refractivity contribution >= 4 is 23.2 Å². The molecule has 2 aromatic rings. The fraction of sp³-hybridized carbons (Fsp3) is 0.409. The van der Waals surface area contributed by atoms with Crippen LogP contribution in [0, 0.1) is 5.92 Å². The molecule has 3 nitrogen and oxygen atoms in total. The smallest absolute Gasteiger partial charge is 0.374 e. The standard InChI is InChI=1S/C22H24ClF3N2O/c1-28(18-5-3-2-4-6-18)14-15-7-10-17(11-8-15)27-21(29)19-13-16(22(24,25)26)9-12-20(19)23/h2-6,9,12-13,15,17H,7-8,10-11,14H2,1H3,(H,27,29)/t15-,17-. The third-order valence-corrected chi connectivity index (χ3v) is 5.78. The van der Waals surface area contributed by atoms with Crippen LogP contribution in [0.4, 0.5) is 18.9 Å². The van der Waals surface area contributed by atoms with Gasteiger partial charge in [0, 0.05) is 25.3 Å². The van der Waals surface area contributed by atoms with Gasteiger partial charge in [0.25, 0.3) is 5.91 Å². The number of hydrogen-bond acceptors (Lipinski definition) is 2. The molecule has 156 valence electrons. The lowest BCUT2D eigenvalue weighted by Crippen LogP contribution is -2.39. The number of hydrogen-bond donors (Lipinski definition) is 1. The molecule has 0 radical (unpaired) electrons. The summed E-state index contributed by atoms with van der Waals surface area (Å²) in [5.41, 5.74) is 0.161. The molecule has 0 heterocycles. The number of halogens is 4. The zero-order valence-electron chi connectivity index (χ0n) is 16.2. The van der Waals surface area contributed by atoms with Crippen LogP contribution >= 0.6 is 11.6 Å². The molecule has 29 heavy (non-hydrogen) atoms. The normalized spacial score (nSPS) is 19.6. The molecular formula is C22H24ClF3N2O. The fourth-order valence-electron chi connectivity index (χ4n) is 3.80. The van der Waals surface area contributed by atoms with Crippen LogP contribution < -0.4 is 10.2 Å². The minimum absolute atomic E-state index is 0.0219. The summed E-state index contributed by atoms with van der Waals surface area (Å²) in [6.07, 6.45) is -0.995. The van der Waals surface area contributed by atoms with Crippen LogP contribution in [0.1, 0.15) is 41.6 Å². The van der Waals surface area contributed by atoms with E-state index >= 15 is 0 Å². The van der Waals surface area contributed by atoms with Gasteiger partial charge >= 0.3 is 6.18 Å². The lowest BCUT2D eigenvalue weighted by atomic mass is 9.85. The SMILES string of the molecule is CN(C[C@H]1CC[C@H](NC(=O)c2cc(C(F)(F)F)ccc2Cl)CC1)c1ccccc1. The Morgan fingerprint density at radius 3 is 2.38 bits per heavy atom. The van der Waals surface area contributed by atoms with Gasteiger partial charge in [-0.1, -0.05) is 29.8 Å². The highest BCUT2D eigenvalue weighted by molar-refractivity contribution is 6.33. The molecular weight excluding hydrogens is 401 g/mol. The maximum Gasteiger partial charge on any atom is 0.416 e. The summed E-state index contributed by atoms with van der Waals surface area (Å²) in [5, 5.41) is 2.88. The average Bonchev–Trinajstić information content (AvgIpc) is 2.69. The molecule has 0 aromatic heterocycles. The molecule has 0 aliphatic heterocycles. The molecule has 2 aromatic carbocycles. The molecule has 1 aliphatic carbocycles. The first kappa shape index (κ1) is 21.5. The molecule has 3 rings (SSSR count). The number of alkyl halides is 3. The first-order chi connectivity index (χ1) is 13.7. The van der Waals surface area contributed by atoms with Gasteiger partial charge < -0.3 is 10.2 Å². The van der Waals surface area contributed by atoms with E-state index in [1.165, 1.54) is 5.69 Å². The molecule has 0 saturated heterocycles. The van der Waals surface area contributed by atoms with Crippen LogP contribution in [0.3, 0.4) is 0 Å². The number of amides is 1. The first-order valence-corrected chi connectivity index (χ1v) is 10.1. The van der Waals surface area contributed by atoms with Crippen molar-refractivity contribution in [3.8, 4) is 0 Å². The number of carbonyl (C=O) groups is 1. The Morgan fingerprint density at radius 2 is 1.76 bits per heavy atom. The number of para-hydroxylation sites is 1. The molecule has 0 bridgehead atoms. The minimum Gasteiger partial charge on any atom is -0.374 e. The summed E-state index contributed by atoms with van der Waals surface area (Å²) >= 11 is 5.96. The van der Waals surface area contributed by atoms with E-state index in [2.05, 4.69) is 29.4 Å². The van der Waals surface area contributed by atoms with Gasteiger partial charge in [0.05, 0.1) is 16.1 Å². The molecule has 1 N–H and O–H groups in total. The van der Waals surface area contributed by atoms with Crippen molar-refractivity contribution in [2.45, 2.75) is 37.9 Å². The van der Waals surface area contributed by atoms with Crippen molar-refractivity contribution in [3.05, 3.63) is 64.7 Å². The van der Waals surface area contributed by atoms with E-state index in [-0.39, 0.29) is 16.6 Å². The van der Waals surface area contributed by atoms with Gasteiger partial charge in [-0.15, -0.1) is 0 Å². The summed E-state index contributed by atoms with van der Waals surface area (Å²) in [5.74, 6) is -0.0311. The number of nitrogens with zero attached hydrogens (tertiary/aromatic N) is 1. The highest BCUT2D eigenvalue weighted by Crippen LogP contribution is 2.32. The van der Waals surface area contributed by atoms with Gasteiger partial charge in [-0.2, -0.15) is 13.2 Å². The van der Waals surface area contributed by atoms with Crippen molar-refractivity contribution < 1.29 is 18.0 Å². The van der Waals surface area contributed by atoms with Crippen LogP contribution in [0.5, 0.6) is 0 Å². The number of rotatable bonds is 5. The highest BCUT2D eigenvalue weighted by atomic mass is 35.5.